The smallest absolute Gasteiger partial charge is 0.180 e. The van der Waals surface area contributed by atoms with E-state index in [1.807, 2.05) is 0 Å². The van der Waals surface area contributed by atoms with E-state index in [0.29, 0.717) is 6.42 Å². The lowest BCUT2D eigenvalue weighted by Crippen LogP contribution is -2.37. The van der Waals surface area contributed by atoms with E-state index in [1.165, 1.54) is 0 Å². The number of hydrogen-bond donors (Lipinski definition) is 3. The maximum Gasteiger partial charge on any atom is 0.180 e. The number of ketones is 1. The summed E-state index contributed by atoms with van der Waals surface area (Å²) in [5, 5.41) is 12.1. The van der Waals surface area contributed by atoms with Crippen LogP contribution in [-0.2, 0) is 4.79 Å². The van der Waals surface area contributed by atoms with Crippen LogP contribution in [-0.4, -0.2) is 36.4 Å². The first-order chi connectivity index (χ1) is 6.15. The normalized spacial score (nSPS) is 30.4. The van der Waals surface area contributed by atoms with E-state index in [-0.39, 0.29) is 5.92 Å². The number of halogens is 1. The van der Waals surface area contributed by atoms with Crippen LogP contribution in [0.4, 0.5) is 4.39 Å². The van der Waals surface area contributed by atoms with Crippen molar-refractivity contribution in [3.8, 4) is 0 Å². The van der Waals surface area contributed by atoms with Crippen molar-refractivity contribution in [3.05, 3.63) is 0 Å². The molecule has 1 heterocycles. The molecule has 1 rings (SSSR count). The van der Waals surface area contributed by atoms with E-state index >= 15 is 0 Å². The highest BCUT2D eigenvalue weighted by Crippen LogP contribution is 2.18. The van der Waals surface area contributed by atoms with Gasteiger partial charge in [0.1, 0.15) is 12.9 Å². The maximum absolute atomic E-state index is 11.9. The minimum absolute atomic E-state index is 0.0227. The van der Waals surface area contributed by atoms with Crippen molar-refractivity contribution in [3.63, 3.8) is 0 Å². The van der Waals surface area contributed by atoms with Gasteiger partial charge in [0, 0.05) is 5.92 Å². The SMILES string of the molecule is N[C@@H](C[C@@H]1CCNC1O)C(=O)CF. The van der Waals surface area contributed by atoms with Gasteiger partial charge in [-0.2, -0.15) is 0 Å². The molecule has 0 radical (unpaired) electrons. The minimum atomic E-state index is -1.02. The zero-order valence-corrected chi connectivity index (χ0v) is 7.37. The fourth-order valence-electron chi connectivity index (χ4n) is 1.54. The molecule has 1 saturated heterocycles. The molecule has 1 aliphatic heterocycles. The van der Waals surface area contributed by atoms with Crippen LogP contribution in [0.25, 0.3) is 0 Å². The highest BCUT2D eigenvalue weighted by Gasteiger charge is 2.28. The summed E-state index contributed by atoms with van der Waals surface area (Å²) in [6.07, 6.45) is 0.546. The number of alkyl halides is 1. The van der Waals surface area contributed by atoms with Crippen molar-refractivity contribution in [2.24, 2.45) is 11.7 Å². The summed E-state index contributed by atoms with van der Waals surface area (Å²) in [5.74, 6) is -0.607. The zero-order valence-electron chi connectivity index (χ0n) is 7.37. The molecular weight excluding hydrogens is 175 g/mol. The number of rotatable bonds is 4. The number of aliphatic hydroxyl groups is 1. The van der Waals surface area contributed by atoms with Gasteiger partial charge in [-0.1, -0.05) is 0 Å². The Bertz CT molecular complexity index is 189. The molecule has 4 N–H and O–H groups in total. The molecular formula is C8H15FN2O2. The third-order valence-electron chi connectivity index (χ3n) is 2.42. The van der Waals surface area contributed by atoms with Crippen LogP contribution >= 0.6 is 0 Å². The monoisotopic (exact) mass is 190 g/mol. The average Bonchev–Trinajstić information content (AvgIpc) is 2.50. The average molecular weight is 190 g/mol. The molecule has 1 unspecified atom stereocenters. The van der Waals surface area contributed by atoms with Gasteiger partial charge in [-0.3, -0.25) is 10.1 Å². The zero-order chi connectivity index (χ0) is 9.84. The molecule has 0 bridgehead atoms. The Morgan fingerprint density at radius 2 is 2.46 bits per heavy atom. The Kier molecular flexibility index (Phi) is 3.77. The Balaban J connectivity index is 2.34. The first-order valence-electron chi connectivity index (χ1n) is 4.41. The van der Waals surface area contributed by atoms with Gasteiger partial charge >= 0.3 is 0 Å². The van der Waals surface area contributed by atoms with Crippen molar-refractivity contribution in [2.75, 3.05) is 13.2 Å². The lowest BCUT2D eigenvalue weighted by molar-refractivity contribution is -0.121. The fraction of sp³-hybridized carbons (Fsp3) is 0.875. The fourth-order valence-corrected chi connectivity index (χ4v) is 1.54. The molecule has 0 amide bonds. The summed E-state index contributed by atoms with van der Waals surface area (Å²) < 4.78 is 11.9. The summed E-state index contributed by atoms with van der Waals surface area (Å²) in [4.78, 5) is 10.8. The lowest BCUT2D eigenvalue weighted by atomic mass is 9.96. The van der Waals surface area contributed by atoms with E-state index in [1.54, 1.807) is 0 Å². The van der Waals surface area contributed by atoms with Gasteiger partial charge in [0.15, 0.2) is 5.78 Å². The van der Waals surface area contributed by atoms with Crippen molar-refractivity contribution in [1.82, 2.24) is 5.32 Å². The predicted molar refractivity (Wildman–Crippen MR) is 45.7 cm³/mol. The van der Waals surface area contributed by atoms with Crippen LogP contribution in [0.15, 0.2) is 0 Å². The van der Waals surface area contributed by atoms with E-state index in [2.05, 4.69) is 5.32 Å². The molecule has 0 aromatic carbocycles. The van der Waals surface area contributed by atoms with Crippen LogP contribution < -0.4 is 11.1 Å². The highest BCUT2D eigenvalue weighted by molar-refractivity contribution is 5.84. The molecule has 76 valence electrons. The lowest BCUT2D eigenvalue weighted by Gasteiger charge is -2.16. The molecule has 0 aromatic rings. The first-order valence-corrected chi connectivity index (χ1v) is 4.41. The van der Waals surface area contributed by atoms with Crippen LogP contribution in [0.3, 0.4) is 0 Å². The van der Waals surface area contributed by atoms with Crippen LogP contribution in [0.1, 0.15) is 12.8 Å². The molecule has 0 saturated carbocycles. The topological polar surface area (TPSA) is 75.3 Å². The van der Waals surface area contributed by atoms with E-state index < -0.39 is 24.7 Å². The molecule has 1 aliphatic rings. The second-order valence-electron chi connectivity index (χ2n) is 3.39. The number of aliphatic hydroxyl groups excluding tert-OH is 1. The van der Waals surface area contributed by atoms with Gasteiger partial charge in [-0.25, -0.2) is 4.39 Å². The molecule has 0 spiro atoms. The Labute approximate surface area is 76.3 Å². The quantitative estimate of drug-likeness (QED) is 0.541. The number of Topliss-reactive ketones (excluding diaryl/α,β-unsaturated/α-hetero) is 1. The molecule has 13 heavy (non-hydrogen) atoms. The summed E-state index contributed by atoms with van der Waals surface area (Å²) in [6, 6.07) is -0.774. The summed E-state index contributed by atoms with van der Waals surface area (Å²) >= 11 is 0. The van der Waals surface area contributed by atoms with Crippen molar-refractivity contribution in [2.45, 2.75) is 25.1 Å². The third kappa shape index (κ3) is 2.72. The van der Waals surface area contributed by atoms with Gasteiger partial charge in [-0.05, 0) is 19.4 Å². The second kappa shape index (κ2) is 4.64. The Hall–Kier alpha value is -0.520. The van der Waals surface area contributed by atoms with E-state index in [9.17, 15) is 14.3 Å². The molecule has 5 heteroatoms. The van der Waals surface area contributed by atoms with E-state index in [0.717, 1.165) is 13.0 Å². The third-order valence-corrected chi connectivity index (χ3v) is 2.42. The first kappa shape index (κ1) is 10.6. The molecule has 0 aliphatic carbocycles. The van der Waals surface area contributed by atoms with Gasteiger partial charge in [0.05, 0.1) is 6.04 Å². The molecule has 3 atom stereocenters. The Morgan fingerprint density at radius 1 is 1.77 bits per heavy atom. The standard InChI is InChI=1S/C8H15FN2O2/c9-4-7(12)6(10)3-5-1-2-11-8(5)13/h5-6,8,11,13H,1-4,10H2/t5-,6-,8?/m0/s1. The minimum Gasteiger partial charge on any atom is -0.378 e. The van der Waals surface area contributed by atoms with Crippen molar-refractivity contribution < 1.29 is 14.3 Å². The number of hydrogen-bond acceptors (Lipinski definition) is 4. The van der Waals surface area contributed by atoms with Gasteiger partial charge < -0.3 is 10.8 Å². The Morgan fingerprint density at radius 3 is 2.92 bits per heavy atom. The summed E-state index contributed by atoms with van der Waals surface area (Å²) in [6.45, 7) is -0.292. The van der Waals surface area contributed by atoms with Gasteiger partial charge in [-0.15, -0.1) is 0 Å². The van der Waals surface area contributed by atoms with Crippen LogP contribution in [0.5, 0.6) is 0 Å². The highest BCUT2D eigenvalue weighted by atomic mass is 19.1. The second-order valence-corrected chi connectivity index (χ2v) is 3.39. The summed E-state index contributed by atoms with van der Waals surface area (Å²) in [7, 11) is 0. The maximum atomic E-state index is 11.9. The number of carbonyl (C=O) groups is 1. The number of nitrogens with two attached hydrogens (primary N) is 1. The molecule has 4 nitrogen and oxygen atoms in total. The largest absolute Gasteiger partial charge is 0.378 e. The van der Waals surface area contributed by atoms with Gasteiger partial charge in [0.2, 0.25) is 0 Å². The molecule has 0 aromatic heterocycles. The van der Waals surface area contributed by atoms with E-state index in [4.69, 9.17) is 5.73 Å². The summed E-state index contributed by atoms with van der Waals surface area (Å²) in [5.41, 5.74) is 5.44. The predicted octanol–water partition coefficient (Wildman–Crippen LogP) is -0.830. The van der Waals surface area contributed by atoms with Crippen LogP contribution in [0, 0.1) is 5.92 Å². The number of nitrogens with one attached hydrogen (secondary N) is 1. The molecule has 1 fully saturated rings. The van der Waals surface area contributed by atoms with Crippen molar-refractivity contribution in [1.29, 1.82) is 0 Å². The number of carbonyl (C=O) groups excluding carboxylic acids is 1. The van der Waals surface area contributed by atoms with Crippen LogP contribution in [0.2, 0.25) is 0 Å². The van der Waals surface area contributed by atoms with Gasteiger partial charge in [0.25, 0.3) is 0 Å². The van der Waals surface area contributed by atoms with Crippen molar-refractivity contribution >= 4 is 5.78 Å².